The Morgan fingerprint density at radius 3 is 2.55 bits per heavy atom. The molecule has 0 amide bonds. The maximum Gasteiger partial charge on any atom is 0.137 e. The summed E-state index contributed by atoms with van der Waals surface area (Å²) in [6.45, 7) is 4.28. The smallest absolute Gasteiger partial charge is 0.137 e. The molecule has 1 aliphatic rings. The van der Waals surface area contributed by atoms with E-state index in [4.69, 9.17) is 5.73 Å². The summed E-state index contributed by atoms with van der Waals surface area (Å²) in [6, 6.07) is 0. The average Bonchev–Trinajstić information content (AvgIpc) is 2.59. The number of hydrogen-bond acceptors (Lipinski definition) is 3. The lowest BCUT2D eigenvalue weighted by Gasteiger charge is -1.99. The first kappa shape index (κ1) is 7.10. The van der Waals surface area contributed by atoms with E-state index in [1.165, 1.54) is 17.8 Å². The topological polar surface area (TPSA) is 38.9 Å². The van der Waals surface area contributed by atoms with E-state index >= 15 is 0 Å². The summed E-state index contributed by atoms with van der Waals surface area (Å²) in [7, 11) is 0. The minimum atomic E-state index is 0.382. The quantitative estimate of drug-likeness (QED) is 0.697. The second-order valence-electron chi connectivity index (χ2n) is 3.52. The molecule has 3 heteroatoms. The first-order chi connectivity index (χ1) is 5.12. The zero-order valence-electron chi connectivity index (χ0n) is 6.85. The Kier molecular flexibility index (Phi) is 1.27. The van der Waals surface area contributed by atoms with E-state index in [-0.39, 0.29) is 0 Å². The van der Waals surface area contributed by atoms with Crippen molar-refractivity contribution in [3.63, 3.8) is 0 Å². The third kappa shape index (κ3) is 1.03. The van der Waals surface area contributed by atoms with Crippen LogP contribution in [0.2, 0.25) is 0 Å². The van der Waals surface area contributed by atoms with Crippen molar-refractivity contribution >= 4 is 17.2 Å². The molecule has 0 aliphatic heterocycles. The molecule has 1 aliphatic carbocycles. The van der Waals surface area contributed by atoms with E-state index in [1.54, 1.807) is 11.3 Å². The first-order valence-corrected chi connectivity index (χ1v) is 4.67. The highest BCUT2D eigenvalue weighted by Gasteiger charge is 2.42. The maximum atomic E-state index is 5.66. The summed E-state index contributed by atoms with van der Waals surface area (Å²) in [5.41, 5.74) is 6.05. The minimum Gasteiger partial charge on any atom is -0.383 e. The fourth-order valence-electron chi connectivity index (χ4n) is 1.07. The third-order valence-electron chi connectivity index (χ3n) is 2.35. The van der Waals surface area contributed by atoms with Crippen LogP contribution in [-0.2, 0) is 5.41 Å². The van der Waals surface area contributed by atoms with Gasteiger partial charge in [-0.1, -0.05) is 6.92 Å². The monoisotopic (exact) mass is 168 g/mol. The van der Waals surface area contributed by atoms with Crippen LogP contribution >= 0.6 is 11.3 Å². The predicted molar refractivity (Wildman–Crippen MR) is 47.8 cm³/mol. The molecule has 0 unspecified atom stereocenters. The van der Waals surface area contributed by atoms with Gasteiger partial charge in [0.05, 0.1) is 0 Å². The lowest BCUT2D eigenvalue weighted by atomic mass is 10.2. The van der Waals surface area contributed by atoms with Gasteiger partial charge in [0.15, 0.2) is 0 Å². The van der Waals surface area contributed by atoms with Gasteiger partial charge in [0.25, 0.3) is 0 Å². The molecule has 1 fully saturated rings. The summed E-state index contributed by atoms with van der Waals surface area (Å²) in [4.78, 5) is 5.50. The lowest BCUT2D eigenvalue weighted by molar-refractivity contribution is 0.778. The van der Waals surface area contributed by atoms with Crippen LogP contribution in [0.4, 0.5) is 5.82 Å². The van der Waals surface area contributed by atoms with Gasteiger partial charge in [0, 0.05) is 10.3 Å². The van der Waals surface area contributed by atoms with Gasteiger partial charge in [0.2, 0.25) is 0 Å². The Morgan fingerprint density at radius 1 is 1.55 bits per heavy atom. The number of anilines is 1. The largest absolute Gasteiger partial charge is 0.383 e. The van der Waals surface area contributed by atoms with E-state index in [0.717, 1.165) is 10.7 Å². The van der Waals surface area contributed by atoms with Gasteiger partial charge in [-0.2, -0.15) is 0 Å². The van der Waals surface area contributed by atoms with Crippen LogP contribution in [0.1, 0.15) is 29.7 Å². The minimum absolute atomic E-state index is 0.382. The van der Waals surface area contributed by atoms with Gasteiger partial charge in [-0.25, -0.2) is 4.98 Å². The normalized spacial score (nSPS) is 20.2. The van der Waals surface area contributed by atoms with Crippen molar-refractivity contribution in [3.05, 3.63) is 9.88 Å². The third-order valence-corrected chi connectivity index (χ3v) is 3.64. The van der Waals surface area contributed by atoms with Crippen molar-refractivity contribution in [1.82, 2.24) is 4.98 Å². The Balaban J connectivity index is 2.39. The van der Waals surface area contributed by atoms with Gasteiger partial charge in [-0.3, -0.25) is 0 Å². The van der Waals surface area contributed by atoms with Crippen LogP contribution in [0.3, 0.4) is 0 Å². The molecule has 0 aromatic carbocycles. The predicted octanol–water partition coefficient (Wildman–Crippen LogP) is 2.09. The molecular weight excluding hydrogens is 156 g/mol. The van der Waals surface area contributed by atoms with Gasteiger partial charge in [-0.05, 0) is 19.8 Å². The molecule has 0 spiro atoms. The SMILES string of the molecule is Cc1sc(C2(C)CC2)nc1N. The van der Waals surface area contributed by atoms with E-state index in [0.29, 0.717) is 5.41 Å². The molecule has 0 radical (unpaired) electrons. The average molecular weight is 168 g/mol. The fourth-order valence-corrected chi connectivity index (χ4v) is 2.10. The summed E-state index contributed by atoms with van der Waals surface area (Å²) in [5.74, 6) is 0.720. The molecule has 1 aromatic rings. The highest BCUT2D eigenvalue weighted by Crippen LogP contribution is 2.49. The van der Waals surface area contributed by atoms with Crippen LogP contribution in [0.25, 0.3) is 0 Å². The zero-order valence-corrected chi connectivity index (χ0v) is 7.66. The number of aryl methyl sites for hydroxylation is 1. The van der Waals surface area contributed by atoms with Crippen LogP contribution in [0, 0.1) is 6.92 Å². The van der Waals surface area contributed by atoms with Crippen LogP contribution in [-0.4, -0.2) is 4.98 Å². The number of hydrogen-bond donors (Lipinski definition) is 1. The van der Waals surface area contributed by atoms with Gasteiger partial charge in [0.1, 0.15) is 10.8 Å². The molecule has 0 saturated heterocycles. The molecule has 60 valence electrons. The Bertz CT molecular complexity index is 267. The van der Waals surface area contributed by atoms with E-state index in [1.807, 2.05) is 6.92 Å². The molecular formula is C8H12N2S. The first-order valence-electron chi connectivity index (χ1n) is 3.85. The van der Waals surface area contributed by atoms with Gasteiger partial charge >= 0.3 is 0 Å². The van der Waals surface area contributed by atoms with E-state index < -0.39 is 0 Å². The van der Waals surface area contributed by atoms with Crippen molar-refractivity contribution in [2.45, 2.75) is 32.1 Å². The maximum absolute atomic E-state index is 5.66. The zero-order chi connectivity index (χ0) is 8.06. The number of rotatable bonds is 1. The Morgan fingerprint density at radius 2 is 2.18 bits per heavy atom. The molecule has 2 nitrogen and oxygen atoms in total. The molecule has 0 atom stereocenters. The summed E-state index contributed by atoms with van der Waals surface area (Å²) < 4.78 is 0. The summed E-state index contributed by atoms with van der Waals surface area (Å²) in [6.07, 6.45) is 2.55. The van der Waals surface area contributed by atoms with Crippen LogP contribution in [0.5, 0.6) is 0 Å². The summed E-state index contributed by atoms with van der Waals surface area (Å²) in [5, 5.41) is 1.23. The van der Waals surface area contributed by atoms with E-state index in [9.17, 15) is 0 Å². The van der Waals surface area contributed by atoms with Gasteiger partial charge in [-0.15, -0.1) is 11.3 Å². The molecule has 2 N–H and O–H groups in total. The highest BCUT2D eigenvalue weighted by molar-refractivity contribution is 7.12. The summed E-state index contributed by atoms with van der Waals surface area (Å²) >= 11 is 1.75. The van der Waals surface area contributed by atoms with Crippen molar-refractivity contribution in [1.29, 1.82) is 0 Å². The second-order valence-corrected chi connectivity index (χ2v) is 4.72. The number of aromatic nitrogens is 1. The number of nitrogens with two attached hydrogens (primary N) is 1. The van der Waals surface area contributed by atoms with Crippen LogP contribution < -0.4 is 5.73 Å². The Labute approximate surface area is 70.5 Å². The van der Waals surface area contributed by atoms with Gasteiger partial charge < -0.3 is 5.73 Å². The van der Waals surface area contributed by atoms with Crippen molar-refractivity contribution in [2.75, 3.05) is 5.73 Å². The molecule has 1 aromatic heterocycles. The lowest BCUT2D eigenvalue weighted by Crippen LogP contribution is -1.98. The molecule has 11 heavy (non-hydrogen) atoms. The molecule has 1 heterocycles. The highest BCUT2D eigenvalue weighted by atomic mass is 32.1. The van der Waals surface area contributed by atoms with Crippen molar-refractivity contribution in [3.8, 4) is 0 Å². The Hall–Kier alpha value is -0.570. The standard InChI is InChI=1S/C8H12N2S/c1-5-6(9)10-7(11-5)8(2)3-4-8/h3-4,9H2,1-2H3. The van der Waals surface area contributed by atoms with Crippen LogP contribution in [0.15, 0.2) is 0 Å². The van der Waals surface area contributed by atoms with E-state index in [2.05, 4.69) is 11.9 Å². The molecule has 0 bridgehead atoms. The fraction of sp³-hybridized carbons (Fsp3) is 0.625. The molecule has 1 saturated carbocycles. The number of nitrogen functional groups attached to an aromatic ring is 1. The molecule has 2 rings (SSSR count). The number of nitrogens with zero attached hydrogens (tertiary/aromatic N) is 1. The van der Waals surface area contributed by atoms with Crippen molar-refractivity contribution in [2.24, 2.45) is 0 Å². The second kappa shape index (κ2) is 1.97. The number of thiazole rings is 1. The van der Waals surface area contributed by atoms with Crippen molar-refractivity contribution < 1.29 is 0 Å².